The van der Waals surface area contributed by atoms with Gasteiger partial charge in [0.25, 0.3) is 5.92 Å². The molecule has 16 heavy (non-hydrogen) atoms. The first kappa shape index (κ1) is 14.6. The fraction of sp³-hybridized carbons (Fsp3) is 0.778. The van der Waals surface area contributed by atoms with Gasteiger partial charge in [0.2, 0.25) is 0 Å². The lowest BCUT2D eigenvalue weighted by atomic mass is 10.2. The highest BCUT2D eigenvalue weighted by atomic mass is 19.3. The van der Waals surface area contributed by atoms with E-state index in [0.717, 1.165) is 0 Å². The predicted octanol–water partition coefficient (Wildman–Crippen LogP) is 1.62. The van der Waals surface area contributed by atoms with E-state index < -0.39 is 29.6 Å². The minimum atomic E-state index is -3.57. The molecule has 5 nitrogen and oxygen atoms in total. The molecule has 0 bridgehead atoms. The predicted molar refractivity (Wildman–Crippen MR) is 51.4 cm³/mol. The summed E-state index contributed by atoms with van der Waals surface area (Å²) in [4.78, 5) is 21.6. The molecule has 0 heterocycles. The molecule has 0 saturated heterocycles. The largest absolute Gasteiger partial charge is 0.480 e. The molecule has 7 heteroatoms. The second kappa shape index (κ2) is 4.63. The number of rotatable bonds is 3. The first-order valence-corrected chi connectivity index (χ1v) is 4.53. The SMILES string of the molecule is CC(C)(C)OC(=O)N[C@@H](C(=O)O)C(C)(F)F. The van der Waals surface area contributed by atoms with Crippen LogP contribution in [0.1, 0.15) is 27.7 Å². The molecule has 2 N–H and O–H groups in total. The van der Waals surface area contributed by atoms with Crippen LogP contribution in [0.25, 0.3) is 0 Å². The summed E-state index contributed by atoms with van der Waals surface area (Å²) in [5.41, 5.74) is -0.879. The average Bonchev–Trinajstić information content (AvgIpc) is 1.93. The Bertz CT molecular complexity index is 280. The highest BCUT2D eigenvalue weighted by Gasteiger charge is 2.42. The fourth-order valence-electron chi connectivity index (χ4n) is 0.831. The smallest absolute Gasteiger partial charge is 0.408 e. The molecule has 0 spiro atoms. The van der Waals surface area contributed by atoms with Crippen LogP contribution in [0.15, 0.2) is 0 Å². The number of aliphatic carboxylic acids is 1. The number of carbonyl (C=O) groups is 2. The molecule has 0 unspecified atom stereocenters. The third kappa shape index (κ3) is 5.47. The summed E-state index contributed by atoms with van der Waals surface area (Å²) in [6, 6.07) is -2.30. The Morgan fingerprint density at radius 3 is 1.94 bits per heavy atom. The average molecular weight is 239 g/mol. The Morgan fingerprint density at radius 1 is 1.25 bits per heavy atom. The van der Waals surface area contributed by atoms with E-state index >= 15 is 0 Å². The molecule has 0 aromatic heterocycles. The van der Waals surface area contributed by atoms with Gasteiger partial charge in [0.1, 0.15) is 5.60 Å². The third-order valence-corrected chi connectivity index (χ3v) is 1.41. The van der Waals surface area contributed by atoms with Crippen molar-refractivity contribution in [3.05, 3.63) is 0 Å². The molecule has 0 aromatic carbocycles. The van der Waals surface area contributed by atoms with Crippen molar-refractivity contribution in [2.75, 3.05) is 0 Å². The van der Waals surface area contributed by atoms with Crippen molar-refractivity contribution in [3.8, 4) is 0 Å². The second-order valence-electron chi connectivity index (χ2n) is 4.37. The molecule has 0 radical (unpaired) electrons. The van der Waals surface area contributed by atoms with Gasteiger partial charge >= 0.3 is 12.1 Å². The van der Waals surface area contributed by atoms with Crippen LogP contribution in [-0.2, 0) is 9.53 Å². The summed E-state index contributed by atoms with van der Waals surface area (Å²) in [6.45, 7) is 5.01. The third-order valence-electron chi connectivity index (χ3n) is 1.41. The van der Waals surface area contributed by atoms with E-state index in [4.69, 9.17) is 5.11 Å². The van der Waals surface area contributed by atoms with Crippen LogP contribution in [-0.4, -0.2) is 34.7 Å². The van der Waals surface area contributed by atoms with Gasteiger partial charge in [-0.3, -0.25) is 0 Å². The number of alkyl halides is 2. The Hall–Kier alpha value is -1.40. The van der Waals surface area contributed by atoms with Gasteiger partial charge in [0, 0.05) is 6.92 Å². The van der Waals surface area contributed by atoms with Crippen molar-refractivity contribution in [1.29, 1.82) is 0 Å². The molecule has 0 aliphatic rings. The maximum atomic E-state index is 12.8. The zero-order valence-electron chi connectivity index (χ0n) is 9.51. The summed E-state index contributed by atoms with van der Waals surface area (Å²) >= 11 is 0. The summed E-state index contributed by atoms with van der Waals surface area (Å²) < 4.78 is 30.2. The van der Waals surface area contributed by atoms with Crippen LogP contribution >= 0.6 is 0 Å². The van der Waals surface area contributed by atoms with E-state index in [1.165, 1.54) is 20.8 Å². The number of carboxylic acids is 1. The molecule has 0 fully saturated rings. The van der Waals surface area contributed by atoms with Gasteiger partial charge in [-0.25, -0.2) is 18.4 Å². The maximum Gasteiger partial charge on any atom is 0.408 e. The number of hydrogen-bond acceptors (Lipinski definition) is 3. The minimum Gasteiger partial charge on any atom is -0.480 e. The van der Waals surface area contributed by atoms with Crippen LogP contribution < -0.4 is 5.32 Å². The van der Waals surface area contributed by atoms with Crippen molar-refractivity contribution < 1.29 is 28.2 Å². The van der Waals surface area contributed by atoms with Gasteiger partial charge in [0.05, 0.1) is 0 Å². The van der Waals surface area contributed by atoms with E-state index in [0.29, 0.717) is 6.92 Å². The van der Waals surface area contributed by atoms with Crippen LogP contribution in [0, 0.1) is 0 Å². The van der Waals surface area contributed by atoms with Crippen molar-refractivity contribution in [1.82, 2.24) is 5.32 Å². The normalized spacial score (nSPS) is 14.1. The van der Waals surface area contributed by atoms with E-state index in [9.17, 15) is 18.4 Å². The summed E-state index contributed by atoms with van der Waals surface area (Å²) in [7, 11) is 0. The standard InChI is InChI=1S/C9H15F2NO4/c1-8(2,3)16-7(15)12-5(6(13)14)9(4,10)11/h5H,1-4H3,(H,12,15)(H,13,14)/t5-/m0/s1. The van der Waals surface area contributed by atoms with E-state index in [1.807, 2.05) is 0 Å². The lowest BCUT2D eigenvalue weighted by molar-refractivity contribution is -0.149. The van der Waals surface area contributed by atoms with Gasteiger partial charge in [-0.15, -0.1) is 0 Å². The number of carbonyl (C=O) groups excluding carboxylic acids is 1. The minimum absolute atomic E-state index is 0.406. The molecule has 0 saturated carbocycles. The number of halogens is 2. The number of ether oxygens (including phenoxy) is 1. The zero-order valence-corrected chi connectivity index (χ0v) is 9.51. The molecule has 94 valence electrons. The second-order valence-corrected chi connectivity index (χ2v) is 4.37. The fourth-order valence-corrected chi connectivity index (χ4v) is 0.831. The molecule has 0 aromatic rings. The molecule has 0 aliphatic heterocycles. The Balaban J connectivity index is 4.56. The first-order valence-electron chi connectivity index (χ1n) is 4.53. The number of carboxylic acid groups (broad SMARTS) is 1. The van der Waals surface area contributed by atoms with Gasteiger partial charge in [-0.2, -0.15) is 0 Å². The Morgan fingerprint density at radius 2 is 1.69 bits per heavy atom. The van der Waals surface area contributed by atoms with Gasteiger partial charge in [0.15, 0.2) is 6.04 Å². The van der Waals surface area contributed by atoms with Gasteiger partial charge in [-0.1, -0.05) is 0 Å². The van der Waals surface area contributed by atoms with Crippen molar-refractivity contribution in [3.63, 3.8) is 0 Å². The molecule has 1 atom stereocenters. The number of alkyl carbamates (subject to hydrolysis) is 1. The van der Waals surface area contributed by atoms with E-state index in [2.05, 4.69) is 4.74 Å². The summed E-state index contributed by atoms with van der Waals surface area (Å²) in [6.07, 6.45) is -1.19. The van der Waals surface area contributed by atoms with Gasteiger partial charge < -0.3 is 15.2 Å². The van der Waals surface area contributed by atoms with Crippen LogP contribution in [0.5, 0.6) is 0 Å². The van der Waals surface area contributed by atoms with Gasteiger partial charge in [-0.05, 0) is 20.8 Å². The Labute approximate surface area is 91.8 Å². The highest BCUT2D eigenvalue weighted by Crippen LogP contribution is 2.18. The van der Waals surface area contributed by atoms with Crippen molar-refractivity contribution in [2.24, 2.45) is 0 Å². The molecule has 0 aliphatic carbocycles. The number of hydrogen-bond donors (Lipinski definition) is 2. The molecular weight excluding hydrogens is 224 g/mol. The number of amides is 1. The molecule has 0 rings (SSSR count). The zero-order chi connectivity index (χ0) is 13.1. The van der Waals surface area contributed by atoms with Crippen LogP contribution in [0.2, 0.25) is 0 Å². The summed E-state index contributed by atoms with van der Waals surface area (Å²) in [5.74, 6) is -5.39. The van der Waals surface area contributed by atoms with E-state index in [-0.39, 0.29) is 0 Å². The monoisotopic (exact) mass is 239 g/mol. The van der Waals surface area contributed by atoms with Crippen LogP contribution in [0.4, 0.5) is 13.6 Å². The molecule has 1 amide bonds. The highest BCUT2D eigenvalue weighted by molar-refractivity contribution is 5.81. The number of nitrogens with one attached hydrogen (secondary N) is 1. The lowest BCUT2D eigenvalue weighted by Crippen LogP contribution is -2.52. The summed E-state index contributed by atoms with van der Waals surface area (Å²) in [5, 5.41) is 10.1. The molecular formula is C9H15F2NO4. The quantitative estimate of drug-likeness (QED) is 0.784. The van der Waals surface area contributed by atoms with Crippen LogP contribution in [0.3, 0.4) is 0 Å². The first-order chi connectivity index (χ1) is 6.93. The Kier molecular flexibility index (Phi) is 4.22. The lowest BCUT2D eigenvalue weighted by Gasteiger charge is -2.24. The maximum absolute atomic E-state index is 12.8. The van der Waals surface area contributed by atoms with E-state index in [1.54, 1.807) is 5.32 Å². The van der Waals surface area contributed by atoms with Crippen molar-refractivity contribution in [2.45, 2.75) is 45.3 Å². The topological polar surface area (TPSA) is 75.6 Å². The van der Waals surface area contributed by atoms with Crippen molar-refractivity contribution >= 4 is 12.1 Å².